The fourth-order valence-corrected chi connectivity index (χ4v) is 2.39. The van der Waals surface area contributed by atoms with Crippen LogP contribution in [-0.4, -0.2) is 56.1 Å². The Morgan fingerprint density at radius 2 is 1.95 bits per heavy atom. The fourth-order valence-electron chi connectivity index (χ4n) is 2.39. The lowest BCUT2D eigenvalue weighted by Crippen LogP contribution is -2.44. The van der Waals surface area contributed by atoms with Gasteiger partial charge in [0.15, 0.2) is 0 Å². The van der Waals surface area contributed by atoms with Gasteiger partial charge in [0.1, 0.15) is 0 Å². The molecule has 1 fully saturated rings. The number of hydrogen-bond donors (Lipinski definition) is 2. The number of nitrogens with zero attached hydrogens (tertiary/aromatic N) is 2. The highest BCUT2D eigenvalue weighted by Crippen LogP contribution is 2.16. The Bertz CT molecular complexity index is 397. The molecule has 1 aromatic rings. The molecule has 1 heterocycles. The summed E-state index contributed by atoms with van der Waals surface area (Å²) < 4.78 is 0. The Morgan fingerprint density at radius 3 is 2.63 bits per heavy atom. The quantitative estimate of drug-likeness (QED) is 0.625. The maximum absolute atomic E-state index is 5.81. The molecule has 0 saturated carbocycles. The van der Waals surface area contributed by atoms with Gasteiger partial charge in [-0.25, -0.2) is 0 Å². The molecule has 0 aromatic heterocycles. The number of nitrogens with two attached hydrogens (primary N) is 1. The lowest BCUT2D eigenvalue weighted by Gasteiger charge is -2.32. The van der Waals surface area contributed by atoms with Crippen molar-refractivity contribution in [3.05, 3.63) is 23.8 Å². The van der Waals surface area contributed by atoms with E-state index in [0.717, 1.165) is 17.8 Å². The van der Waals surface area contributed by atoms with E-state index in [1.54, 1.807) is 0 Å². The van der Waals surface area contributed by atoms with Gasteiger partial charge in [-0.1, -0.05) is 0 Å². The monoisotopic (exact) mass is 262 g/mol. The van der Waals surface area contributed by atoms with Crippen LogP contribution in [0.2, 0.25) is 0 Å². The molecule has 0 unspecified atom stereocenters. The molecule has 0 amide bonds. The van der Waals surface area contributed by atoms with E-state index < -0.39 is 0 Å². The zero-order chi connectivity index (χ0) is 13.7. The van der Waals surface area contributed by atoms with E-state index in [1.807, 2.05) is 13.0 Å². The van der Waals surface area contributed by atoms with Crippen LogP contribution in [-0.2, 0) is 0 Å². The Labute approximate surface area is 116 Å². The highest BCUT2D eigenvalue weighted by molar-refractivity contribution is 5.56. The van der Waals surface area contributed by atoms with Crippen LogP contribution in [0.25, 0.3) is 0 Å². The Balaban J connectivity index is 1.65. The number of likely N-dealkylation sites (N-methyl/N-ethyl adjacent to an activating group) is 1. The molecule has 1 aliphatic heterocycles. The minimum atomic E-state index is 0.864. The van der Waals surface area contributed by atoms with E-state index in [2.05, 4.69) is 34.3 Å². The lowest BCUT2D eigenvalue weighted by atomic mass is 10.2. The van der Waals surface area contributed by atoms with Crippen LogP contribution >= 0.6 is 0 Å². The van der Waals surface area contributed by atoms with Gasteiger partial charge in [0, 0.05) is 44.1 Å². The van der Waals surface area contributed by atoms with Gasteiger partial charge in [-0.05, 0) is 50.7 Å². The van der Waals surface area contributed by atoms with Gasteiger partial charge in [-0.15, -0.1) is 0 Å². The second-order valence-corrected chi connectivity index (χ2v) is 5.50. The smallest absolute Gasteiger partial charge is 0.0345 e. The van der Waals surface area contributed by atoms with Crippen molar-refractivity contribution in [2.24, 2.45) is 0 Å². The van der Waals surface area contributed by atoms with Gasteiger partial charge in [0.05, 0.1) is 0 Å². The molecule has 106 valence electrons. The van der Waals surface area contributed by atoms with Crippen molar-refractivity contribution in [3.63, 3.8) is 0 Å². The first kappa shape index (κ1) is 14.2. The standard InChI is InChI=1S/C15H26N4/c1-13-12-14(4-5-15(13)16)17-6-3-7-19-10-8-18(2)9-11-19/h4-5,12,17H,3,6-11,16H2,1-2H3. The van der Waals surface area contributed by atoms with Crippen molar-refractivity contribution in [3.8, 4) is 0 Å². The summed E-state index contributed by atoms with van der Waals surface area (Å²) in [7, 11) is 2.20. The Morgan fingerprint density at radius 1 is 1.21 bits per heavy atom. The summed E-state index contributed by atoms with van der Waals surface area (Å²) >= 11 is 0. The van der Waals surface area contributed by atoms with Crippen LogP contribution in [0.4, 0.5) is 11.4 Å². The molecule has 1 aliphatic rings. The Hall–Kier alpha value is -1.26. The number of nitrogens with one attached hydrogen (secondary N) is 1. The largest absolute Gasteiger partial charge is 0.399 e. The van der Waals surface area contributed by atoms with Crippen molar-refractivity contribution < 1.29 is 0 Å². The van der Waals surface area contributed by atoms with Crippen LogP contribution in [0.1, 0.15) is 12.0 Å². The van der Waals surface area contributed by atoms with E-state index in [-0.39, 0.29) is 0 Å². The number of anilines is 2. The second kappa shape index (κ2) is 6.78. The molecule has 0 atom stereocenters. The molecular weight excluding hydrogens is 236 g/mol. The van der Waals surface area contributed by atoms with Crippen molar-refractivity contribution >= 4 is 11.4 Å². The molecule has 4 nitrogen and oxygen atoms in total. The first-order valence-electron chi connectivity index (χ1n) is 7.16. The number of benzene rings is 1. The number of aryl methyl sites for hydroxylation is 1. The topological polar surface area (TPSA) is 44.5 Å². The zero-order valence-corrected chi connectivity index (χ0v) is 12.2. The molecular formula is C15H26N4. The first-order chi connectivity index (χ1) is 9.15. The van der Waals surface area contributed by atoms with E-state index in [4.69, 9.17) is 5.73 Å². The van der Waals surface area contributed by atoms with E-state index >= 15 is 0 Å². The average Bonchev–Trinajstić information content (AvgIpc) is 2.41. The Kier molecular flexibility index (Phi) is 5.05. The maximum Gasteiger partial charge on any atom is 0.0345 e. The molecule has 1 saturated heterocycles. The zero-order valence-electron chi connectivity index (χ0n) is 12.2. The van der Waals surface area contributed by atoms with Gasteiger partial charge < -0.3 is 20.9 Å². The van der Waals surface area contributed by atoms with Crippen molar-refractivity contribution in [2.45, 2.75) is 13.3 Å². The number of nitrogen functional groups attached to an aromatic ring is 1. The minimum Gasteiger partial charge on any atom is -0.399 e. The summed E-state index contributed by atoms with van der Waals surface area (Å²) in [5.74, 6) is 0. The molecule has 2 rings (SSSR count). The molecule has 4 heteroatoms. The molecule has 1 aromatic carbocycles. The SMILES string of the molecule is Cc1cc(NCCCN2CCN(C)CC2)ccc1N. The van der Waals surface area contributed by atoms with E-state index in [1.165, 1.54) is 44.8 Å². The van der Waals surface area contributed by atoms with E-state index in [9.17, 15) is 0 Å². The summed E-state index contributed by atoms with van der Waals surface area (Å²) in [6.45, 7) is 9.07. The third-order valence-corrected chi connectivity index (χ3v) is 3.85. The summed E-state index contributed by atoms with van der Waals surface area (Å²) in [5, 5.41) is 3.47. The summed E-state index contributed by atoms with van der Waals surface area (Å²) in [6, 6.07) is 6.14. The fraction of sp³-hybridized carbons (Fsp3) is 0.600. The first-order valence-corrected chi connectivity index (χ1v) is 7.16. The van der Waals surface area contributed by atoms with Crippen LogP contribution in [0.3, 0.4) is 0 Å². The predicted molar refractivity (Wildman–Crippen MR) is 82.6 cm³/mol. The third kappa shape index (κ3) is 4.40. The highest BCUT2D eigenvalue weighted by Gasteiger charge is 2.12. The van der Waals surface area contributed by atoms with Gasteiger partial charge in [-0.2, -0.15) is 0 Å². The second-order valence-electron chi connectivity index (χ2n) is 5.50. The third-order valence-electron chi connectivity index (χ3n) is 3.85. The number of rotatable bonds is 5. The lowest BCUT2D eigenvalue weighted by molar-refractivity contribution is 0.154. The van der Waals surface area contributed by atoms with Crippen molar-refractivity contribution in [2.75, 3.05) is 57.4 Å². The molecule has 0 aliphatic carbocycles. The van der Waals surface area contributed by atoms with Gasteiger partial charge >= 0.3 is 0 Å². The van der Waals surface area contributed by atoms with Gasteiger partial charge in [0.2, 0.25) is 0 Å². The van der Waals surface area contributed by atoms with Gasteiger partial charge in [0.25, 0.3) is 0 Å². The maximum atomic E-state index is 5.81. The molecule has 0 bridgehead atoms. The molecule has 3 N–H and O–H groups in total. The number of piperazine rings is 1. The van der Waals surface area contributed by atoms with E-state index in [0.29, 0.717) is 0 Å². The normalized spacial score (nSPS) is 17.6. The minimum absolute atomic E-state index is 0.864. The summed E-state index contributed by atoms with van der Waals surface area (Å²) in [4.78, 5) is 4.95. The van der Waals surface area contributed by atoms with Crippen molar-refractivity contribution in [1.29, 1.82) is 0 Å². The summed E-state index contributed by atoms with van der Waals surface area (Å²) in [5.41, 5.74) is 8.99. The van der Waals surface area contributed by atoms with Crippen LogP contribution < -0.4 is 11.1 Å². The average molecular weight is 262 g/mol. The van der Waals surface area contributed by atoms with Crippen molar-refractivity contribution in [1.82, 2.24) is 9.80 Å². The molecule has 0 spiro atoms. The van der Waals surface area contributed by atoms with Crippen LogP contribution in [0, 0.1) is 6.92 Å². The summed E-state index contributed by atoms with van der Waals surface area (Å²) in [6.07, 6.45) is 1.19. The van der Waals surface area contributed by atoms with Gasteiger partial charge in [-0.3, -0.25) is 0 Å². The number of hydrogen-bond acceptors (Lipinski definition) is 4. The van der Waals surface area contributed by atoms with Crippen LogP contribution in [0.15, 0.2) is 18.2 Å². The molecule has 19 heavy (non-hydrogen) atoms. The predicted octanol–water partition coefficient (Wildman–Crippen LogP) is 1.63. The molecule has 0 radical (unpaired) electrons. The highest BCUT2D eigenvalue weighted by atomic mass is 15.2. The van der Waals surface area contributed by atoms with Crippen LogP contribution in [0.5, 0.6) is 0 Å².